The van der Waals surface area contributed by atoms with Gasteiger partial charge in [0.15, 0.2) is 9.84 Å². The number of carbonyl (C=O) groups is 1. The number of hydrogen-bond acceptors (Lipinski definition) is 4. The van der Waals surface area contributed by atoms with Crippen LogP contribution in [0.15, 0.2) is 46.7 Å². The number of carbonyl (C=O) groups excluding carboxylic acids is 1. The zero-order chi connectivity index (χ0) is 17.9. The Labute approximate surface area is 152 Å². The number of hydrogen-bond donors (Lipinski definition) is 2. The van der Waals surface area contributed by atoms with E-state index in [-0.39, 0.29) is 17.0 Å². The summed E-state index contributed by atoms with van der Waals surface area (Å²) >= 11 is 1.64. The van der Waals surface area contributed by atoms with Crippen LogP contribution in [-0.4, -0.2) is 20.7 Å². The zero-order valence-corrected chi connectivity index (χ0v) is 15.7. The molecule has 1 aliphatic rings. The van der Waals surface area contributed by atoms with Crippen LogP contribution >= 0.6 is 11.3 Å². The van der Waals surface area contributed by atoms with Crippen molar-refractivity contribution < 1.29 is 13.2 Å². The average molecular weight is 379 g/mol. The lowest BCUT2D eigenvalue weighted by atomic mass is 9.97. The Kier molecular flexibility index (Phi) is 5.44. The number of benzene rings is 1. The summed E-state index contributed by atoms with van der Waals surface area (Å²) in [5.41, 5.74) is 0.304. The number of nitrogens with one attached hydrogen (secondary N) is 2. The maximum absolute atomic E-state index is 12.5. The maximum Gasteiger partial charge on any atom is 0.319 e. The van der Waals surface area contributed by atoms with Crippen molar-refractivity contribution in [3.63, 3.8) is 0 Å². The highest BCUT2D eigenvalue weighted by atomic mass is 32.2. The topological polar surface area (TPSA) is 75.3 Å². The van der Waals surface area contributed by atoms with E-state index in [1.807, 2.05) is 17.5 Å². The Hall–Kier alpha value is -1.86. The number of para-hydroxylation sites is 1. The van der Waals surface area contributed by atoms with E-state index < -0.39 is 9.84 Å². The van der Waals surface area contributed by atoms with Crippen LogP contribution in [0, 0.1) is 5.92 Å². The van der Waals surface area contributed by atoms with Gasteiger partial charge in [0.2, 0.25) is 0 Å². The van der Waals surface area contributed by atoms with Crippen LogP contribution in [-0.2, 0) is 9.84 Å². The Balaban J connectivity index is 1.77. The van der Waals surface area contributed by atoms with E-state index >= 15 is 0 Å². The van der Waals surface area contributed by atoms with Crippen molar-refractivity contribution in [3.05, 3.63) is 46.7 Å². The predicted octanol–water partition coefficient (Wildman–Crippen LogP) is 4.20. The van der Waals surface area contributed by atoms with Crippen LogP contribution in [0.25, 0.3) is 0 Å². The summed E-state index contributed by atoms with van der Waals surface area (Å²) in [7, 11) is -3.41. The molecule has 0 unspecified atom stereocenters. The van der Waals surface area contributed by atoms with Crippen LogP contribution in [0.5, 0.6) is 0 Å². The lowest BCUT2D eigenvalue weighted by Gasteiger charge is -2.24. The summed E-state index contributed by atoms with van der Waals surface area (Å²) in [6.45, 7) is 0. The third-order valence-corrected chi connectivity index (χ3v) is 6.65. The van der Waals surface area contributed by atoms with Gasteiger partial charge in [-0.1, -0.05) is 31.0 Å². The van der Waals surface area contributed by atoms with Crippen molar-refractivity contribution in [3.8, 4) is 0 Å². The summed E-state index contributed by atoms with van der Waals surface area (Å²) in [5, 5.41) is 7.77. The van der Waals surface area contributed by atoms with Crippen molar-refractivity contribution in [2.45, 2.75) is 36.6 Å². The van der Waals surface area contributed by atoms with E-state index in [1.165, 1.54) is 18.9 Å². The highest BCUT2D eigenvalue weighted by Gasteiger charge is 2.28. The summed E-state index contributed by atoms with van der Waals surface area (Å²) in [5.74, 6) is 0.426. The van der Waals surface area contributed by atoms with E-state index in [4.69, 9.17) is 0 Å². The maximum atomic E-state index is 12.5. The van der Waals surface area contributed by atoms with E-state index in [1.54, 1.807) is 29.5 Å². The van der Waals surface area contributed by atoms with Gasteiger partial charge in [0.1, 0.15) is 0 Å². The van der Waals surface area contributed by atoms with Gasteiger partial charge in [0.25, 0.3) is 0 Å². The normalized spacial score (nSPS) is 16.5. The molecule has 7 heteroatoms. The minimum absolute atomic E-state index is 0.0344. The van der Waals surface area contributed by atoms with Gasteiger partial charge in [-0.15, -0.1) is 11.3 Å². The molecule has 5 nitrogen and oxygen atoms in total. The van der Waals surface area contributed by atoms with Gasteiger partial charge in [0.05, 0.1) is 16.6 Å². The Bertz CT molecular complexity index is 826. The molecule has 0 aliphatic heterocycles. The second kappa shape index (κ2) is 7.58. The molecule has 0 bridgehead atoms. The van der Waals surface area contributed by atoms with Crippen molar-refractivity contribution in [2.75, 3.05) is 11.6 Å². The quantitative estimate of drug-likeness (QED) is 0.818. The van der Waals surface area contributed by atoms with Gasteiger partial charge < -0.3 is 10.6 Å². The SMILES string of the molecule is CS(=O)(=O)c1ccccc1NC(=O)N[C@H](c1cccs1)C1CCCC1. The minimum Gasteiger partial charge on any atom is -0.330 e. The monoisotopic (exact) mass is 378 g/mol. The predicted molar refractivity (Wildman–Crippen MR) is 101 cm³/mol. The molecule has 2 N–H and O–H groups in total. The van der Waals surface area contributed by atoms with Crippen LogP contribution in [0.1, 0.15) is 36.6 Å². The molecule has 2 amide bonds. The molecule has 25 heavy (non-hydrogen) atoms. The second-order valence-corrected chi connectivity index (χ2v) is 9.37. The molecule has 0 radical (unpaired) electrons. The van der Waals surface area contributed by atoms with E-state index in [0.717, 1.165) is 24.0 Å². The van der Waals surface area contributed by atoms with Gasteiger partial charge >= 0.3 is 6.03 Å². The van der Waals surface area contributed by atoms with E-state index in [2.05, 4.69) is 10.6 Å². The van der Waals surface area contributed by atoms with Crippen LogP contribution < -0.4 is 10.6 Å². The molecule has 0 spiro atoms. The molecule has 1 aromatic carbocycles. The molecule has 3 rings (SSSR count). The molecule has 1 aliphatic carbocycles. The Morgan fingerprint density at radius 2 is 1.88 bits per heavy atom. The number of amides is 2. The number of sulfone groups is 1. The lowest BCUT2D eigenvalue weighted by Crippen LogP contribution is -2.35. The Morgan fingerprint density at radius 3 is 2.52 bits per heavy atom. The molecule has 1 aromatic heterocycles. The Morgan fingerprint density at radius 1 is 1.16 bits per heavy atom. The first kappa shape index (κ1) is 17.9. The van der Waals surface area contributed by atoms with Gasteiger partial charge in [-0.2, -0.15) is 0 Å². The molecule has 1 fully saturated rings. The largest absolute Gasteiger partial charge is 0.330 e. The van der Waals surface area contributed by atoms with Gasteiger partial charge in [0, 0.05) is 11.1 Å². The van der Waals surface area contributed by atoms with Crippen LogP contribution in [0.4, 0.5) is 10.5 Å². The van der Waals surface area contributed by atoms with E-state index in [0.29, 0.717) is 11.6 Å². The standard InChI is InChI=1S/C18H22N2O3S2/c1-25(22,23)16-11-5-4-9-14(16)19-18(21)20-17(13-7-2-3-8-13)15-10-6-12-24-15/h4-6,9-13,17H,2-3,7-8H2,1H3,(H2,19,20,21)/t17-/m0/s1. The summed E-state index contributed by atoms with van der Waals surface area (Å²) in [6, 6.07) is 10.1. The van der Waals surface area contributed by atoms with Crippen molar-refractivity contribution in [1.29, 1.82) is 0 Å². The molecule has 0 saturated heterocycles. The van der Waals surface area contributed by atoms with Crippen LogP contribution in [0.2, 0.25) is 0 Å². The number of urea groups is 1. The third-order valence-electron chi connectivity index (χ3n) is 4.54. The van der Waals surface area contributed by atoms with Crippen molar-refractivity contribution in [1.82, 2.24) is 5.32 Å². The van der Waals surface area contributed by atoms with E-state index in [9.17, 15) is 13.2 Å². The molecule has 2 aromatic rings. The molecular weight excluding hydrogens is 356 g/mol. The first-order chi connectivity index (χ1) is 11.9. The number of anilines is 1. The molecule has 1 heterocycles. The second-order valence-electron chi connectivity index (χ2n) is 6.40. The zero-order valence-electron chi connectivity index (χ0n) is 14.1. The first-order valence-electron chi connectivity index (χ1n) is 8.35. The highest BCUT2D eigenvalue weighted by molar-refractivity contribution is 7.90. The lowest BCUT2D eigenvalue weighted by molar-refractivity contribution is 0.243. The first-order valence-corrected chi connectivity index (χ1v) is 11.1. The smallest absolute Gasteiger partial charge is 0.319 e. The molecule has 1 atom stereocenters. The minimum atomic E-state index is -3.41. The van der Waals surface area contributed by atoms with Gasteiger partial charge in [-0.25, -0.2) is 13.2 Å². The molecule has 1 saturated carbocycles. The van der Waals surface area contributed by atoms with Crippen LogP contribution in [0.3, 0.4) is 0 Å². The summed E-state index contributed by atoms with van der Waals surface area (Å²) < 4.78 is 23.8. The average Bonchev–Trinajstić information content (AvgIpc) is 3.26. The summed E-state index contributed by atoms with van der Waals surface area (Å²) in [4.78, 5) is 13.8. The molecular formula is C18H22N2O3S2. The fourth-order valence-corrected chi connectivity index (χ4v) is 5.09. The van der Waals surface area contributed by atoms with Gasteiger partial charge in [-0.05, 0) is 42.3 Å². The van der Waals surface area contributed by atoms with Crippen molar-refractivity contribution >= 4 is 32.9 Å². The fraction of sp³-hybridized carbons (Fsp3) is 0.389. The van der Waals surface area contributed by atoms with Crippen molar-refractivity contribution in [2.24, 2.45) is 5.92 Å². The number of rotatable bonds is 5. The highest BCUT2D eigenvalue weighted by Crippen LogP contribution is 2.37. The number of thiophene rings is 1. The third kappa shape index (κ3) is 4.41. The van der Waals surface area contributed by atoms with Gasteiger partial charge in [-0.3, -0.25) is 0 Å². The summed E-state index contributed by atoms with van der Waals surface area (Å²) in [6.07, 6.45) is 5.71. The fourth-order valence-electron chi connectivity index (χ4n) is 3.37. The molecule has 134 valence electrons.